The summed E-state index contributed by atoms with van der Waals surface area (Å²) in [5.74, 6) is 0.0804. The molecular weight excluding hydrogens is 476 g/mol. The Labute approximate surface area is 203 Å². The second-order valence-corrected chi connectivity index (χ2v) is 9.77. The summed E-state index contributed by atoms with van der Waals surface area (Å²) in [6.07, 6.45) is 4.48. The molecular formula is C28H27BrN2S. The number of allylic oxidation sites excluding steroid dienone is 1. The van der Waals surface area contributed by atoms with Crippen molar-refractivity contribution in [1.82, 2.24) is 9.88 Å². The Morgan fingerprint density at radius 1 is 0.969 bits per heavy atom. The molecule has 0 spiro atoms. The van der Waals surface area contributed by atoms with Gasteiger partial charge in [0.1, 0.15) is 5.03 Å². The van der Waals surface area contributed by atoms with Crippen LogP contribution in [0.4, 0.5) is 0 Å². The summed E-state index contributed by atoms with van der Waals surface area (Å²) in [5.41, 5.74) is 6.07. The Morgan fingerprint density at radius 3 is 2.31 bits per heavy atom. The van der Waals surface area contributed by atoms with Crippen molar-refractivity contribution in [1.29, 1.82) is 0 Å². The maximum atomic E-state index is 5.06. The molecule has 32 heavy (non-hydrogen) atoms. The van der Waals surface area contributed by atoms with Gasteiger partial charge in [0.15, 0.2) is 0 Å². The first kappa shape index (κ1) is 22.8. The minimum Gasteiger partial charge on any atom is -0.306 e. The molecule has 0 aliphatic rings. The van der Waals surface area contributed by atoms with Crippen molar-refractivity contribution in [2.45, 2.75) is 10.9 Å². The number of nitrogens with zero attached hydrogens (tertiary/aromatic N) is 2. The number of hydrogen-bond acceptors (Lipinski definition) is 3. The van der Waals surface area contributed by atoms with Gasteiger partial charge in [-0.05, 0) is 66.9 Å². The topological polar surface area (TPSA) is 16.1 Å². The highest BCUT2D eigenvalue weighted by atomic mass is 79.9. The molecule has 2 nitrogen and oxygen atoms in total. The summed E-state index contributed by atoms with van der Waals surface area (Å²) in [6.45, 7) is 0.870. The van der Waals surface area contributed by atoms with Crippen LogP contribution in [-0.4, -0.2) is 36.8 Å². The first-order valence-corrected chi connectivity index (χ1v) is 12.7. The molecule has 1 atom stereocenters. The summed E-state index contributed by atoms with van der Waals surface area (Å²) in [4.78, 5) is 7.26. The predicted octanol–water partition coefficient (Wildman–Crippen LogP) is 7.50. The number of benzene rings is 3. The maximum absolute atomic E-state index is 5.06. The third kappa shape index (κ3) is 5.15. The van der Waals surface area contributed by atoms with E-state index in [0.29, 0.717) is 0 Å². The third-order valence-electron chi connectivity index (χ3n) is 5.50. The lowest BCUT2D eigenvalue weighted by Gasteiger charge is -2.25. The fourth-order valence-electron chi connectivity index (χ4n) is 4.00. The highest BCUT2D eigenvalue weighted by Gasteiger charge is 2.24. The van der Waals surface area contributed by atoms with E-state index in [1.54, 1.807) is 11.8 Å². The Hall–Kier alpha value is -2.40. The molecule has 162 valence electrons. The monoisotopic (exact) mass is 502 g/mol. The Kier molecular flexibility index (Phi) is 7.46. The first-order valence-electron chi connectivity index (χ1n) is 10.7. The molecule has 4 rings (SSSR count). The molecule has 0 saturated carbocycles. The molecule has 1 heterocycles. The number of rotatable bonds is 7. The highest BCUT2D eigenvalue weighted by molar-refractivity contribution is 9.10. The van der Waals surface area contributed by atoms with Gasteiger partial charge in [-0.3, -0.25) is 0 Å². The summed E-state index contributed by atoms with van der Waals surface area (Å²) >= 11 is 5.35. The highest BCUT2D eigenvalue weighted by Crippen LogP contribution is 2.42. The zero-order valence-electron chi connectivity index (χ0n) is 18.6. The van der Waals surface area contributed by atoms with Gasteiger partial charge in [-0.25, -0.2) is 4.98 Å². The van der Waals surface area contributed by atoms with Crippen LogP contribution in [0.5, 0.6) is 0 Å². The quantitative estimate of drug-likeness (QED) is 0.243. The molecule has 0 aliphatic carbocycles. The van der Waals surface area contributed by atoms with Gasteiger partial charge in [-0.15, -0.1) is 11.8 Å². The van der Waals surface area contributed by atoms with Crippen LogP contribution in [-0.2, 0) is 0 Å². The summed E-state index contributed by atoms with van der Waals surface area (Å²) < 4.78 is 1.07. The number of halogens is 1. The lowest BCUT2D eigenvalue weighted by molar-refractivity contribution is 0.456. The van der Waals surface area contributed by atoms with Gasteiger partial charge in [0.25, 0.3) is 0 Å². The van der Waals surface area contributed by atoms with E-state index in [1.165, 1.54) is 22.3 Å². The number of hydrogen-bond donors (Lipinski definition) is 0. The van der Waals surface area contributed by atoms with E-state index in [1.807, 2.05) is 0 Å². The van der Waals surface area contributed by atoms with Crippen molar-refractivity contribution >= 4 is 44.2 Å². The van der Waals surface area contributed by atoms with Crippen LogP contribution >= 0.6 is 27.7 Å². The van der Waals surface area contributed by atoms with Gasteiger partial charge in [-0.1, -0.05) is 82.7 Å². The molecule has 0 aliphatic heterocycles. The zero-order valence-corrected chi connectivity index (χ0v) is 21.0. The first-order chi connectivity index (χ1) is 15.6. The molecule has 4 heteroatoms. The average molecular weight is 504 g/mol. The van der Waals surface area contributed by atoms with Crippen LogP contribution in [0.2, 0.25) is 0 Å². The number of thioether (sulfide) groups is 1. The fraction of sp³-hybridized carbons (Fsp3) is 0.179. The number of fused-ring (bicyclic) bond motifs is 1. The van der Waals surface area contributed by atoms with Crippen molar-refractivity contribution in [3.63, 3.8) is 0 Å². The minimum atomic E-state index is 0.0804. The Balaban J connectivity index is 2.00. The SMILES string of the molecule is CSc1nc2ccc(Br)cc2cc1C(C(=CCN(C)C)c1ccccc1)c1ccccc1. The molecule has 1 aromatic heterocycles. The van der Waals surface area contributed by atoms with Crippen LogP contribution in [0, 0.1) is 0 Å². The molecule has 0 bridgehead atoms. The van der Waals surface area contributed by atoms with Crippen molar-refractivity contribution in [3.05, 3.63) is 112 Å². The lowest BCUT2D eigenvalue weighted by Crippen LogP contribution is -2.13. The molecule has 0 amide bonds. The summed E-state index contributed by atoms with van der Waals surface area (Å²) in [7, 11) is 4.22. The lowest BCUT2D eigenvalue weighted by atomic mass is 9.81. The molecule has 4 aromatic rings. The van der Waals surface area contributed by atoms with Gasteiger partial charge < -0.3 is 4.90 Å². The van der Waals surface area contributed by atoms with Gasteiger partial charge in [-0.2, -0.15) is 0 Å². The van der Waals surface area contributed by atoms with E-state index >= 15 is 0 Å². The van der Waals surface area contributed by atoms with E-state index in [4.69, 9.17) is 4.98 Å². The van der Waals surface area contributed by atoms with Gasteiger partial charge >= 0.3 is 0 Å². The second-order valence-electron chi connectivity index (χ2n) is 8.06. The van der Waals surface area contributed by atoms with Crippen LogP contribution in [0.15, 0.2) is 101 Å². The Morgan fingerprint density at radius 2 is 1.66 bits per heavy atom. The van der Waals surface area contributed by atoms with E-state index in [-0.39, 0.29) is 5.92 Å². The number of pyridine rings is 1. The fourth-order valence-corrected chi connectivity index (χ4v) is 4.98. The van der Waals surface area contributed by atoms with Gasteiger partial charge in [0.05, 0.1) is 5.52 Å². The van der Waals surface area contributed by atoms with Crippen molar-refractivity contribution < 1.29 is 0 Å². The van der Waals surface area contributed by atoms with E-state index < -0.39 is 0 Å². The number of likely N-dealkylation sites (N-methyl/N-ethyl adjacent to an activating group) is 1. The molecule has 0 fully saturated rings. The summed E-state index contributed by atoms with van der Waals surface area (Å²) in [5, 5.41) is 2.22. The zero-order chi connectivity index (χ0) is 22.5. The smallest absolute Gasteiger partial charge is 0.101 e. The standard InChI is InChI=1S/C28H27BrN2S/c1-31(2)17-16-24(20-10-6-4-7-11-20)27(21-12-8-5-9-13-21)25-19-22-18-23(29)14-15-26(22)30-28(25)32-3/h4-16,18-19,27H,17H2,1-3H3. The van der Waals surface area contributed by atoms with Crippen molar-refractivity contribution in [3.8, 4) is 0 Å². The van der Waals surface area contributed by atoms with Crippen molar-refractivity contribution in [2.75, 3.05) is 26.9 Å². The van der Waals surface area contributed by atoms with Crippen LogP contribution in [0.25, 0.3) is 16.5 Å². The maximum Gasteiger partial charge on any atom is 0.101 e. The minimum absolute atomic E-state index is 0.0804. The Bertz CT molecular complexity index is 1220. The molecule has 3 aromatic carbocycles. The molecule has 0 radical (unpaired) electrons. The van der Waals surface area contributed by atoms with Crippen LogP contribution in [0.1, 0.15) is 22.6 Å². The average Bonchev–Trinajstić information content (AvgIpc) is 2.82. The van der Waals surface area contributed by atoms with Crippen molar-refractivity contribution in [2.24, 2.45) is 0 Å². The summed E-state index contributed by atoms with van der Waals surface area (Å²) in [6, 6.07) is 30.1. The molecule has 1 unspecified atom stereocenters. The largest absolute Gasteiger partial charge is 0.306 e. The molecule has 0 N–H and O–H groups in total. The van der Waals surface area contributed by atoms with Crippen LogP contribution in [0.3, 0.4) is 0 Å². The number of aromatic nitrogens is 1. The molecule has 0 saturated heterocycles. The van der Waals surface area contributed by atoms with E-state index in [0.717, 1.165) is 26.9 Å². The normalized spacial score (nSPS) is 13.0. The van der Waals surface area contributed by atoms with E-state index in [9.17, 15) is 0 Å². The van der Waals surface area contributed by atoms with Gasteiger partial charge in [0.2, 0.25) is 0 Å². The third-order valence-corrected chi connectivity index (χ3v) is 6.71. The van der Waals surface area contributed by atoms with Crippen LogP contribution < -0.4 is 0 Å². The van der Waals surface area contributed by atoms with Gasteiger partial charge in [0, 0.05) is 22.3 Å². The predicted molar refractivity (Wildman–Crippen MR) is 142 cm³/mol. The second kappa shape index (κ2) is 10.5. The van der Waals surface area contributed by atoms with E-state index in [2.05, 4.69) is 132 Å².